The van der Waals surface area contributed by atoms with Gasteiger partial charge in [-0.3, -0.25) is 18.2 Å². The molecule has 0 atom stereocenters. The summed E-state index contributed by atoms with van der Waals surface area (Å²) >= 11 is 0. The average molecular weight is 636 g/mol. The van der Waals surface area contributed by atoms with Crippen molar-refractivity contribution in [1.82, 2.24) is 0 Å². The van der Waals surface area contributed by atoms with Crippen molar-refractivity contribution in [3.63, 3.8) is 0 Å². The van der Waals surface area contributed by atoms with Gasteiger partial charge in [-0.25, -0.2) is 0 Å². The molecule has 0 fully saturated rings. The SMILES string of the molecule is CCCCCCCCCCOCC(CO)(CO)COCCCCCCCCCC.O=S(=O)(O)O.O=S(=O)(O)O.[Na]. The number of aliphatic hydroxyl groups is 2. The summed E-state index contributed by atoms with van der Waals surface area (Å²) < 4.78 is 74.7. The molecule has 0 heterocycles. The van der Waals surface area contributed by atoms with Crippen LogP contribution >= 0.6 is 0 Å². The summed E-state index contributed by atoms with van der Waals surface area (Å²) in [6, 6.07) is 0. The zero-order chi connectivity index (χ0) is 30.5. The van der Waals surface area contributed by atoms with E-state index in [9.17, 15) is 10.2 Å². The third kappa shape index (κ3) is 51.3. The van der Waals surface area contributed by atoms with Gasteiger partial charge in [0.2, 0.25) is 0 Å². The molecule has 0 unspecified atom stereocenters. The molecule has 0 rings (SSSR count). The van der Waals surface area contributed by atoms with Crippen LogP contribution < -0.4 is 0 Å². The molecule has 15 heteroatoms. The molecule has 0 spiro atoms. The Bertz CT molecular complexity index is 631. The van der Waals surface area contributed by atoms with Crippen LogP contribution in [0.15, 0.2) is 0 Å². The van der Waals surface area contributed by atoms with Gasteiger partial charge in [-0.2, -0.15) is 16.8 Å². The van der Waals surface area contributed by atoms with Crippen LogP contribution in [0.1, 0.15) is 117 Å². The Morgan fingerprint density at radius 3 is 0.950 bits per heavy atom. The molecule has 0 aliphatic heterocycles. The fourth-order valence-electron chi connectivity index (χ4n) is 3.53. The molecule has 0 bridgehead atoms. The Kier molecular flexibility index (Phi) is 38.6. The van der Waals surface area contributed by atoms with Crippen LogP contribution in [0.2, 0.25) is 0 Å². The molecule has 1 radical (unpaired) electrons. The standard InChI is InChI=1S/C25H52O4.Na.2H2O4S/c1-3-5-7-9-11-13-15-17-19-28-23-25(21-26,22-27)24-29-20-18-16-14-12-10-8-6-4-2;;2*1-5(2,3)4/h26-27H,3-24H2,1-2H3;;2*(H2,1,2,3,4). The molecule has 0 aliphatic rings. The molecule has 241 valence electrons. The number of rotatable bonds is 24. The van der Waals surface area contributed by atoms with Gasteiger partial charge in [0.1, 0.15) is 0 Å². The Balaban J connectivity index is -0.000000499. The van der Waals surface area contributed by atoms with Gasteiger partial charge >= 0.3 is 20.8 Å². The summed E-state index contributed by atoms with van der Waals surface area (Å²) in [5, 5.41) is 19.5. The predicted molar refractivity (Wildman–Crippen MR) is 158 cm³/mol. The molecule has 0 aromatic carbocycles. The van der Waals surface area contributed by atoms with E-state index in [0.29, 0.717) is 26.4 Å². The van der Waals surface area contributed by atoms with Crippen molar-refractivity contribution in [3.05, 3.63) is 0 Å². The minimum Gasteiger partial charge on any atom is -0.396 e. The maximum absolute atomic E-state index is 9.74. The van der Waals surface area contributed by atoms with Gasteiger partial charge in [-0.1, -0.05) is 104 Å². The Morgan fingerprint density at radius 2 is 0.725 bits per heavy atom. The van der Waals surface area contributed by atoms with Gasteiger partial charge in [-0.15, -0.1) is 0 Å². The largest absolute Gasteiger partial charge is 0.396 e. The number of hydrogen-bond acceptors (Lipinski definition) is 8. The fraction of sp³-hybridized carbons (Fsp3) is 1.00. The topological polar surface area (TPSA) is 208 Å². The van der Waals surface area contributed by atoms with Gasteiger partial charge in [0.05, 0.1) is 31.8 Å². The number of ether oxygens (including phenoxy) is 2. The van der Waals surface area contributed by atoms with E-state index < -0.39 is 26.2 Å². The van der Waals surface area contributed by atoms with E-state index in [1.807, 2.05) is 0 Å². The molecule has 6 N–H and O–H groups in total. The molecule has 0 aromatic rings. The molecule has 0 aromatic heterocycles. The second-order valence-electron chi connectivity index (χ2n) is 9.77. The molecule has 0 saturated heterocycles. The smallest absolute Gasteiger partial charge is 0.394 e. The van der Waals surface area contributed by atoms with Crippen molar-refractivity contribution in [2.75, 3.05) is 39.6 Å². The molecular formula is C25H56NaO12S2. The first-order chi connectivity index (χ1) is 18.2. The molecule has 0 amide bonds. The Hall–Kier alpha value is 0.580. The minimum atomic E-state index is -4.67. The van der Waals surface area contributed by atoms with Crippen molar-refractivity contribution in [2.24, 2.45) is 5.41 Å². The van der Waals surface area contributed by atoms with E-state index in [2.05, 4.69) is 13.8 Å². The van der Waals surface area contributed by atoms with Gasteiger partial charge in [-0.05, 0) is 12.8 Å². The zero-order valence-corrected chi connectivity index (χ0v) is 28.6. The summed E-state index contributed by atoms with van der Waals surface area (Å²) in [4.78, 5) is 0. The summed E-state index contributed by atoms with van der Waals surface area (Å²) in [5.41, 5.74) is -0.666. The van der Waals surface area contributed by atoms with Crippen molar-refractivity contribution in [2.45, 2.75) is 117 Å². The van der Waals surface area contributed by atoms with Gasteiger partial charge in [0.25, 0.3) is 0 Å². The van der Waals surface area contributed by atoms with Crippen molar-refractivity contribution >= 4 is 50.4 Å². The van der Waals surface area contributed by atoms with E-state index in [-0.39, 0.29) is 42.8 Å². The zero-order valence-electron chi connectivity index (χ0n) is 25.0. The minimum absolute atomic E-state index is 0. The fourth-order valence-corrected chi connectivity index (χ4v) is 3.53. The number of unbranched alkanes of at least 4 members (excludes halogenated alkanes) is 14. The van der Waals surface area contributed by atoms with Gasteiger partial charge in [0, 0.05) is 42.8 Å². The monoisotopic (exact) mass is 635 g/mol. The van der Waals surface area contributed by atoms with E-state index in [1.165, 1.54) is 89.9 Å². The third-order valence-corrected chi connectivity index (χ3v) is 5.77. The third-order valence-electron chi connectivity index (χ3n) is 5.77. The van der Waals surface area contributed by atoms with Crippen molar-refractivity contribution in [1.29, 1.82) is 0 Å². The summed E-state index contributed by atoms with van der Waals surface area (Å²) in [7, 11) is -9.33. The van der Waals surface area contributed by atoms with Gasteiger partial charge in [0.15, 0.2) is 0 Å². The van der Waals surface area contributed by atoms with Gasteiger partial charge < -0.3 is 19.7 Å². The first-order valence-electron chi connectivity index (χ1n) is 14.0. The van der Waals surface area contributed by atoms with Crippen LogP contribution in [0, 0.1) is 5.41 Å². The predicted octanol–water partition coefficient (Wildman–Crippen LogP) is 4.59. The molecule has 12 nitrogen and oxygen atoms in total. The Labute approximate surface area is 265 Å². The normalized spacial score (nSPS) is 11.6. The second kappa shape index (κ2) is 32.5. The first kappa shape index (κ1) is 47.5. The van der Waals surface area contributed by atoms with E-state index in [0.717, 1.165) is 12.8 Å². The van der Waals surface area contributed by atoms with Crippen LogP contribution in [0.5, 0.6) is 0 Å². The number of hydrogen-bond donors (Lipinski definition) is 6. The summed E-state index contributed by atoms with van der Waals surface area (Å²) in [6.07, 6.45) is 20.5. The molecule has 0 saturated carbocycles. The van der Waals surface area contributed by atoms with Crippen molar-refractivity contribution in [3.8, 4) is 0 Å². The maximum Gasteiger partial charge on any atom is 0.394 e. The van der Waals surface area contributed by atoms with Crippen LogP contribution in [0.4, 0.5) is 0 Å². The van der Waals surface area contributed by atoms with Crippen LogP contribution in [-0.2, 0) is 30.3 Å². The average Bonchev–Trinajstić information content (AvgIpc) is 2.83. The van der Waals surface area contributed by atoms with Crippen LogP contribution in [-0.4, -0.2) is 114 Å². The molecular weight excluding hydrogens is 579 g/mol. The van der Waals surface area contributed by atoms with Crippen molar-refractivity contribution < 1.29 is 54.7 Å². The second-order valence-corrected chi connectivity index (χ2v) is 11.6. The Morgan fingerprint density at radius 1 is 0.500 bits per heavy atom. The number of aliphatic hydroxyl groups excluding tert-OH is 2. The van der Waals surface area contributed by atoms with E-state index in [4.69, 9.17) is 44.5 Å². The maximum atomic E-state index is 9.74. The molecule has 0 aliphatic carbocycles. The van der Waals surface area contributed by atoms with Crippen LogP contribution in [0.25, 0.3) is 0 Å². The summed E-state index contributed by atoms with van der Waals surface area (Å²) in [5.74, 6) is 0. The quantitative estimate of drug-likeness (QED) is 0.0489. The first-order valence-corrected chi connectivity index (χ1v) is 16.8. The van der Waals surface area contributed by atoms with Crippen LogP contribution in [0.3, 0.4) is 0 Å². The summed E-state index contributed by atoms with van der Waals surface area (Å²) in [6.45, 7) is 6.44. The van der Waals surface area contributed by atoms with E-state index >= 15 is 0 Å². The molecule has 40 heavy (non-hydrogen) atoms. The van der Waals surface area contributed by atoms with E-state index in [1.54, 1.807) is 0 Å².